The van der Waals surface area contributed by atoms with Crippen LogP contribution in [0.4, 0.5) is 0 Å². The lowest BCUT2D eigenvalue weighted by atomic mass is 9.61. The monoisotopic (exact) mass is 322 g/mol. The minimum Gasteiger partial charge on any atom is -0.311 e. The second-order valence-corrected chi connectivity index (χ2v) is 8.63. The van der Waals surface area contributed by atoms with Crippen LogP contribution in [0.5, 0.6) is 0 Å². The first kappa shape index (κ1) is 18.1. The molecular formula is C19H34N2S. The summed E-state index contributed by atoms with van der Waals surface area (Å²) in [6.45, 7) is 8.04. The topological polar surface area (TPSA) is 35.9 Å². The predicted molar refractivity (Wildman–Crippen MR) is 99.9 cm³/mol. The number of rotatable bonds is 6. The Morgan fingerprint density at radius 2 is 1.86 bits per heavy atom. The van der Waals surface area contributed by atoms with Crippen molar-refractivity contribution in [3.05, 3.63) is 11.6 Å². The molecule has 3 heteroatoms. The minimum atomic E-state index is 0.420. The third kappa shape index (κ3) is 4.61. The van der Waals surface area contributed by atoms with Gasteiger partial charge in [0, 0.05) is 5.54 Å². The lowest BCUT2D eigenvalue weighted by Gasteiger charge is -2.50. The van der Waals surface area contributed by atoms with Gasteiger partial charge in [0.1, 0.15) is 0 Å². The number of nitrogens with one attached hydrogen (secondary N) is 2. The van der Waals surface area contributed by atoms with Gasteiger partial charge < -0.3 is 5.32 Å². The molecule has 0 saturated heterocycles. The van der Waals surface area contributed by atoms with Crippen LogP contribution in [0.25, 0.3) is 0 Å². The van der Waals surface area contributed by atoms with Crippen LogP contribution >= 0.6 is 11.8 Å². The SMILES string of the molecule is C/C=C(/CCCNC12CC(C)CC(CC(C)C1)C2)C(=N)SC. The van der Waals surface area contributed by atoms with Crippen LogP contribution in [0.3, 0.4) is 0 Å². The summed E-state index contributed by atoms with van der Waals surface area (Å²) in [5.41, 5.74) is 1.63. The zero-order valence-electron chi connectivity index (χ0n) is 14.9. The molecule has 2 bridgehead atoms. The quantitative estimate of drug-likeness (QED) is 0.398. The maximum absolute atomic E-state index is 7.96. The minimum absolute atomic E-state index is 0.420. The summed E-state index contributed by atoms with van der Waals surface area (Å²) in [6.07, 6.45) is 13.3. The van der Waals surface area contributed by atoms with Gasteiger partial charge in [0.15, 0.2) is 0 Å². The molecule has 0 amide bonds. The van der Waals surface area contributed by atoms with Gasteiger partial charge in [0.2, 0.25) is 0 Å². The Kier molecular flexibility index (Phi) is 6.58. The molecule has 0 aromatic heterocycles. The molecule has 0 aromatic carbocycles. The van der Waals surface area contributed by atoms with Gasteiger partial charge >= 0.3 is 0 Å². The molecule has 0 heterocycles. The summed E-state index contributed by atoms with van der Waals surface area (Å²) in [7, 11) is 0. The van der Waals surface area contributed by atoms with Crippen molar-refractivity contribution in [1.29, 1.82) is 5.41 Å². The normalized spacial score (nSPS) is 35.5. The number of hydrogen-bond donors (Lipinski definition) is 2. The van der Waals surface area contributed by atoms with Crippen molar-refractivity contribution < 1.29 is 0 Å². The largest absolute Gasteiger partial charge is 0.311 e. The molecule has 0 aliphatic heterocycles. The average Bonchev–Trinajstić information content (AvgIpc) is 2.45. The van der Waals surface area contributed by atoms with E-state index in [0.717, 1.165) is 42.2 Å². The van der Waals surface area contributed by atoms with Gasteiger partial charge in [-0.15, -0.1) is 11.8 Å². The highest BCUT2D eigenvalue weighted by molar-refractivity contribution is 8.13. The van der Waals surface area contributed by atoms with E-state index < -0.39 is 0 Å². The first-order valence-electron chi connectivity index (χ1n) is 9.01. The van der Waals surface area contributed by atoms with Crippen molar-refractivity contribution in [3.63, 3.8) is 0 Å². The van der Waals surface area contributed by atoms with Crippen LogP contribution in [0.15, 0.2) is 11.6 Å². The molecule has 2 rings (SSSR count). The molecule has 126 valence electrons. The third-order valence-corrected chi connectivity index (χ3v) is 6.27. The maximum atomic E-state index is 7.96. The van der Waals surface area contributed by atoms with E-state index >= 15 is 0 Å². The standard InChI is InChI=1S/C19H34N2S/c1-5-17(18(20)22-4)7-6-8-21-19-11-14(2)9-16(13-19)10-15(3)12-19/h5,14-16,20-21H,6-13H2,1-4H3/b17-5-,20-18?. The van der Waals surface area contributed by atoms with Crippen LogP contribution in [0, 0.1) is 23.2 Å². The summed E-state index contributed by atoms with van der Waals surface area (Å²) in [4.78, 5) is 0. The number of thioether (sulfide) groups is 1. The van der Waals surface area contributed by atoms with E-state index in [4.69, 9.17) is 5.41 Å². The van der Waals surface area contributed by atoms with E-state index in [1.807, 2.05) is 6.26 Å². The van der Waals surface area contributed by atoms with Crippen LogP contribution in [-0.4, -0.2) is 23.4 Å². The molecule has 2 saturated carbocycles. The predicted octanol–water partition coefficient (Wildman–Crippen LogP) is 5.25. The first-order chi connectivity index (χ1) is 10.5. The van der Waals surface area contributed by atoms with Crippen LogP contribution in [-0.2, 0) is 0 Å². The van der Waals surface area contributed by atoms with E-state index in [-0.39, 0.29) is 0 Å². The Bertz CT molecular complexity index is 396. The lowest BCUT2D eigenvalue weighted by Crippen LogP contribution is -2.54. The van der Waals surface area contributed by atoms with Gasteiger partial charge in [0.05, 0.1) is 5.04 Å². The van der Waals surface area contributed by atoms with Crippen LogP contribution in [0.1, 0.15) is 65.7 Å². The number of hydrogen-bond acceptors (Lipinski definition) is 3. The van der Waals surface area contributed by atoms with Crippen molar-refractivity contribution in [1.82, 2.24) is 5.32 Å². The molecule has 2 aliphatic rings. The molecule has 2 nitrogen and oxygen atoms in total. The van der Waals surface area contributed by atoms with Gasteiger partial charge in [0.25, 0.3) is 0 Å². The Hall–Kier alpha value is -0.280. The molecule has 0 aromatic rings. The van der Waals surface area contributed by atoms with Gasteiger partial charge in [-0.25, -0.2) is 0 Å². The molecule has 2 fully saturated rings. The highest BCUT2D eigenvalue weighted by atomic mass is 32.2. The second-order valence-electron chi connectivity index (χ2n) is 7.82. The molecule has 0 spiro atoms. The Balaban J connectivity index is 1.83. The summed E-state index contributed by atoms with van der Waals surface area (Å²) < 4.78 is 0. The highest BCUT2D eigenvalue weighted by Gasteiger charge is 2.43. The van der Waals surface area contributed by atoms with Crippen molar-refractivity contribution in [2.45, 2.75) is 71.3 Å². The maximum Gasteiger partial charge on any atom is 0.0895 e. The van der Waals surface area contributed by atoms with E-state index in [2.05, 4.69) is 32.2 Å². The molecule has 2 N–H and O–H groups in total. The Morgan fingerprint density at radius 1 is 1.23 bits per heavy atom. The second kappa shape index (κ2) is 8.01. The van der Waals surface area contributed by atoms with Crippen molar-refractivity contribution >= 4 is 16.8 Å². The van der Waals surface area contributed by atoms with E-state index in [1.54, 1.807) is 11.8 Å². The average molecular weight is 323 g/mol. The van der Waals surface area contributed by atoms with Crippen molar-refractivity contribution in [2.24, 2.45) is 17.8 Å². The molecule has 0 radical (unpaired) electrons. The first-order valence-corrected chi connectivity index (χ1v) is 10.2. The Labute approximate surface area is 141 Å². The molecule has 2 aliphatic carbocycles. The lowest BCUT2D eigenvalue weighted by molar-refractivity contribution is 0.0556. The highest BCUT2D eigenvalue weighted by Crippen LogP contribution is 2.47. The smallest absolute Gasteiger partial charge is 0.0895 e. The van der Waals surface area contributed by atoms with Gasteiger partial charge in [-0.05, 0) is 88.0 Å². The fourth-order valence-electron chi connectivity index (χ4n) is 5.07. The summed E-state index contributed by atoms with van der Waals surface area (Å²) in [5, 5.41) is 12.7. The molecule has 2 atom stereocenters. The van der Waals surface area contributed by atoms with E-state index in [0.29, 0.717) is 5.54 Å². The number of fused-ring (bicyclic) bond motifs is 2. The Morgan fingerprint density at radius 3 is 2.41 bits per heavy atom. The van der Waals surface area contributed by atoms with Crippen LogP contribution in [0.2, 0.25) is 0 Å². The van der Waals surface area contributed by atoms with Crippen molar-refractivity contribution in [3.8, 4) is 0 Å². The zero-order valence-corrected chi connectivity index (χ0v) is 15.7. The van der Waals surface area contributed by atoms with E-state index in [9.17, 15) is 0 Å². The van der Waals surface area contributed by atoms with E-state index in [1.165, 1.54) is 37.7 Å². The summed E-state index contributed by atoms with van der Waals surface area (Å²) in [5.74, 6) is 2.72. The summed E-state index contributed by atoms with van der Waals surface area (Å²) in [6, 6.07) is 0. The molecule has 22 heavy (non-hydrogen) atoms. The van der Waals surface area contributed by atoms with Gasteiger partial charge in [-0.2, -0.15) is 0 Å². The fraction of sp³-hybridized carbons (Fsp3) is 0.842. The van der Waals surface area contributed by atoms with Crippen molar-refractivity contribution in [2.75, 3.05) is 12.8 Å². The zero-order chi connectivity index (χ0) is 16.2. The van der Waals surface area contributed by atoms with Crippen LogP contribution < -0.4 is 5.32 Å². The molecule has 2 unspecified atom stereocenters. The summed E-state index contributed by atoms with van der Waals surface area (Å²) >= 11 is 1.55. The van der Waals surface area contributed by atoms with Gasteiger partial charge in [-0.3, -0.25) is 5.41 Å². The fourth-order valence-corrected chi connectivity index (χ4v) is 5.56. The van der Waals surface area contributed by atoms with Gasteiger partial charge in [-0.1, -0.05) is 19.9 Å². The number of allylic oxidation sites excluding steroid dienone is 1. The molecular weight excluding hydrogens is 288 g/mol. The third-order valence-electron chi connectivity index (χ3n) is 5.60.